The van der Waals surface area contributed by atoms with Gasteiger partial charge in [-0.3, -0.25) is 0 Å². The number of halogens is 1. The van der Waals surface area contributed by atoms with Crippen molar-refractivity contribution in [3.05, 3.63) is 41.4 Å². The molecule has 16 heavy (non-hydrogen) atoms. The highest BCUT2D eigenvalue weighted by Crippen LogP contribution is 2.22. The molecule has 1 atom stereocenters. The highest BCUT2D eigenvalue weighted by atomic mass is 35.5. The zero-order valence-electron chi connectivity index (χ0n) is 9.58. The average Bonchev–Trinajstić information content (AvgIpc) is 2.23. The highest BCUT2D eigenvalue weighted by Gasteiger charge is 2.04. The van der Waals surface area contributed by atoms with Crippen LogP contribution in [0.5, 0.6) is 0 Å². The van der Waals surface area contributed by atoms with Crippen LogP contribution in [0.15, 0.2) is 41.3 Å². The van der Waals surface area contributed by atoms with Crippen molar-refractivity contribution >= 4 is 23.4 Å². The number of nitrogens with two attached hydrogens (primary N) is 1. The Bertz CT molecular complexity index is 352. The molecule has 1 nitrogen and oxygen atoms in total. The monoisotopic (exact) mass is 255 g/mol. The van der Waals surface area contributed by atoms with Gasteiger partial charge in [0.2, 0.25) is 0 Å². The maximum absolute atomic E-state index is 6.01. The Morgan fingerprint density at radius 3 is 2.94 bits per heavy atom. The lowest BCUT2D eigenvalue weighted by molar-refractivity contribution is 0.672. The Morgan fingerprint density at radius 2 is 2.31 bits per heavy atom. The van der Waals surface area contributed by atoms with Gasteiger partial charge in [-0.25, -0.2) is 0 Å². The summed E-state index contributed by atoms with van der Waals surface area (Å²) in [5.41, 5.74) is 7.21. The molecule has 0 saturated carbocycles. The molecule has 2 N–H and O–H groups in total. The molecule has 1 rings (SSSR count). The number of rotatable bonds is 6. The molecule has 0 aromatic heterocycles. The van der Waals surface area contributed by atoms with Gasteiger partial charge in [0.1, 0.15) is 0 Å². The Kier molecular flexibility index (Phi) is 5.96. The minimum absolute atomic E-state index is 0.223. The van der Waals surface area contributed by atoms with Crippen molar-refractivity contribution in [2.24, 2.45) is 5.73 Å². The predicted octanol–water partition coefficient (Wildman–Crippen LogP) is 4.12. The topological polar surface area (TPSA) is 26.0 Å². The molecule has 3 heteroatoms. The van der Waals surface area contributed by atoms with Gasteiger partial charge in [-0.1, -0.05) is 23.2 Å². The van der Waals surface area contributed by atoms with Crippen LogP contribution in [0.3, 0.4) is 0 Å². The van der Waals surface area contributed by atoms with Crippen molar-refractivity contribution in [2.45, 2.75) is 30.7 Å². The molecule has 0 radical (unpaired) electrons. The molecule has 88 valence electrons. The van der Waals surface area contributed by atoms with Crippen LogP contribution in [-0.2, 0) is 0 Å². The number of benzene rings is 1. The van der Waals surface area contributed by atoms with Crippen molar-refractivity contribution in [2.75, 3.05) is 5.75 Å². The van der Waals surface area contributed by atoms with Crippen LogP contribution in [0.4, 0.5) is 0 Å². The standard InChI is InChI=1S/C13H18ClNS/c1-10(2)6-7-12(15)9-16-13-5-3-4-11(14)8-13/h3-5,8,12H,1,6-7,9,15H2,2H3. The summed E-state index contributed by atoms with van der Waals surface area (Å²) in [5.74, 6) is 0.924. The van der Waals surface area contributed by atoms with Crippen molar-refractivity contribution in [1.29, 1.82) is 0 Å². The molecule has 1 unspecified atom stereocenters. The number of hydrogen-bond acceptors (Lipinski definition) is 2. The Balaban J connectivity index is 2.31. The van der Waals surface area contributed by atoms with E-state index in [4.69, 9.17) is 17.3 Å². The van der Waals surface area contributed by atoms with Crippen LogP contribution in [0, 0.1) is 0 Å². The molecule has 0 aliphatic rings. The lowest BCUT2D eigenvalue weighted by atomic mass is 10.1. The lowest BCUT2D eigenvalue weighted by Gasteiger charge is -2.11. The second-order valence-corrected chi connectivity index (χ2v) is 5.55. The van der Waals surface area contributed by atoms with Crippen LogP contribution >= 0.6 is 23.4 Å². The molecule has 0 fully saturated rings. The average molecular weight is 256 g/mol. The van der Waals surface area contributed by atoms with Crippen molar-refractivity contribution < 1.29 is 0 Å². The number of allylic oxidation sites excluding steroid dienone is 1. The number of thioether (sulfide) groups is 1. The van der Waals surface area contributed by atoms with E-state index in [1.54, 1.807) is 11.8 Å². The van der Waals surface area contributed by atoms with Crippen molar-refractivity contribution in [3.63, 3.8) is 0 Å². The Hall–Kier alpha value is -0.440. The largest absolute Gasteiger partial charge is 0.327 e. The third-order valence-electron chi connectivity index (χ3n) is 2.20. The molecule has 0 spiro atoms. The fourth-order valence-corrected chi connectivity index (χ4v) is 2.49. The maximum atomic E-state index is 6.01. The molecule has 0 saturated heterocycles. The fourth-order valence-electron chi connectivity index (χ4n) is 1.28. The summed E-state index contributed by atoms with van der Waals surface area (Å²) in [6.45, 7) is 5.92. The molecular formula is C13H18ClNS. The van der Waals surface area contributed by atoms with Gasteiger partial charge < -0.3 is 5.73 Å². The van der Waals surface area contributed by atoms with Crippen LogP contribution in [-0.4, -0.2) is 11.8 Å². The van der Waals surface area contributed by atoms with Crippen LogP contribution in [0.2, 0.25) is 5.02 Å². The second kappa shape index (κ2) is 7.00. The van der Waals surface area contributed by atoms with E-state index in [-0.39, 0.29) is 6.04 Å². The van der Waals surface area contributed by atoms with E-state index in [1.165, 1.54) is 10.5 Å². The van der Waals surface area contributed by atoms with E-state index in [0.29, 0.717) is 0 Å². The summed E-state index contributed by atoms with van der Waals surface area (Å²) in [7, 11) is 0. The molecule has 1 aromatic carbocycles. The third kappa shape index (κ3) is 5.59. The van der Waals surface area contributed by atoms with Crippen LogP contribution in [0.25, 0.3) is 0 Å². The van der Waals surface area contributed by atoms with Crippen molar-refractivity contribution in [1.82, 2.24) is 0 Å². The summed E-state index contributed by atoms with van der Waals surface area (Å²) < 4.78 is 0. The number of hydrogen-bond donors (Lipinski definition) is 1. The van der Waals surface area contributed by atoms with Gasteiger partial charge in [0.05, 0.1) is 0 Å². The summed E-state index contributed by atoms with van der Waals surface area (Å²) in [6.07, 6.45) is 2.01. The Morgan fingerprint density at radius 1 is 1.56 bits per heavy atom. The molecular weight excluding hydrogens is 238 g/mol. The highest BCUT2D eigenvalue weighted by molar-refractivity contribution is 7.99. The van der Waals surface area contributed by atoms with Crippen LogP contribution in [0.1, 0.15) is 19.8 Å². The fraction of sp³-hybridized carbons (Fsp3) is 0.385. The molecule has 0 heterocycles. The van der Waals surface area contributed by atoms with Crippen LogP contribution < -0.4 is 5.73 Å². The molecule has 0 bridgehead atoms. The van der Waals surface area contributed by atoms with E-state index < -0.39 is 0 Å². The van der Waals surface area contributed by atoms with E-state index in [0.717, 1.165) is 23.6 Å². The minimum atomic E-state index is 0.223. The first-order valence-corrected chi connectivity index (χ1v) is 6.72. The van der Waals surface area contributed by atoms with Gasteiger partial charge in [0.25, 0.3) is 0 Å². The van der Waals surface area contributed by atoms with Gasteiger partial charge in [0, 0.05) is 21.7 Å². The third-order valence-corrected chi connectivity index (χ3v) is 3.62. The predicted molar refractivity (Wildman–Crippen MR) is 74.2 cm³/mol. The zero-order chi connectivity index (χ0) is 12.0. The summed E-state index contributed by atoms with van der Waals surface area (Å²) in [6, 6.07) is 8.09. The van der Waals surface area contributed by atoms with Gasteiger partial charge in [-0.15, -0.1) is 18.3 Å². The van der Waals surface area contributed by atoms with Gasteiger partial charge in [0.15, 0.2) is 0 Å². The summed E-state index contributed by atoms with van der Waals surface area (Å²) >= 11 is 7.66. The van der Waals surface area contributed by atoms with Gasteiger partial charge in [-0.2, -0.15) is 0 Å². The van der Waals surface area contributed by atoms with Gasteiger partial charge in [-0.05, 0) is 38.0 Å². The smallest absolute Gasteiger partial charge is 0.0417 e. The van der Waals surface area contributed by atoms with E-state index >= 15 is 0 Å². The SMILES string of the molecule is C=C(C)CCC(N)CSc1cccc(Cl)c1. The lowest BCUT2D eigenvalue weighted by Crippen LogP contribution is -2.22. The Labute approximate surface area is 107 Å². The summed E-state index contributed by atoms with van der Waals surface area (Å²) in [5, 5.41) is 0.778. The van der Waals surface area contributed by atoms with Gasteiger partial charge >= 0.3 is 0 Å². The van der Waals surface area contributed by atoms with E-state index in [1.807, 2.05) is 25.1 Å². The molecule has 0 amide bonds. The second-order valence-electron chi connectivity index (χ2n) is 4.02. The normalized spacial score (nSPS) is 12.4. The molecule has 0 aliphatic heterocycles. The molecule has 0 aliphatic carbocycles. The quantitative estimate of drug-likeness (QED) is 0.611. The first kappa shape index (κ1) is 13.6. The minimum Gasteiger partial charge on any atom is -0.327 e. The van der Waals surface area contributed by atoms with Crippen molar-refractivity contribution in [3.8, 4) is 0 Å². The first-order valence-electron chi connectivity index (χ1n) is 5.36. The maximum Gasteiger partial charge on any atom is 0.0417 e. The van der Waals surface area contributed by atoms with E-state index in [2.05, 4.69) is 12.6 Å². The first-order chi connectivity index (χ1) is 7.58. The van der Waals surface area contributed by atoms with E-state index in [9.17, 15) is 0 Å². The molecule has 1 aromatic rings. The summed E-state index contributed by atoms with van der Waals surface area (Å²) in [4.78, 5) is 1.18. The zero-order valence-corrected chi connectivity index (χ0v) is 11.2.